The van der Waals surface area contributed by atoms with Gasteiger partial charge in [-0.25, -0.2) is 0 Å². The van der Waals surface area contributed by atoms with Crippen LogP contribution in [-0.4, -0.2) is 50.8 Å². The molecule has 2 N–H and O–H groups in total. The number of nitrogens with one attached hydrogen (secondary N) is 2. The van der Waals surface area contributed by atoms with Gasteiger partial charge >= 0.3 is 0 Å². The monoisotopic (exact) mass is 388 g/mol. The quantitative estimate of drug-likeness (QED) is 0.365. The van der Waals surface area contributed by atoms with E-state index in [1.807, 2.05) is 14.0 Å². The molecule has 1 heterocycles. The molecule has 0 aliphatic carbocycles. The minimum Gasteiger partial charge on any atom is -0.382 e. The number of guanidine groups is 1. The Morgan fingerprint density at radius 1 is 1.11 bits per heavy atom. The van der Waals surface area contributed by atoms with Gasteiger partial charge in [-0.05, 0) is 49.1 Å². The van der Waals surface area contributed by atoms with E-state index in [1.165, 1.54) is 30.6 Å². The van der Waals surface area contributed by atoms with Crippen molar-refractivity contribution < 1.29 is 4.74 Å². The van der Waals surface area contributed by atoms with Gasteiger partial charge in [-0.15, -0.1) is 0 Å². The molecule has 2 atom stereocenters. The third-order valence-electron chi connectivity index (χ3n) is 5.34. The maximum Gasteiger partial charge on any atom is 0.191 e. The number of unbranched alkanes of at least 4 members (excludes halogenated alkanes) is 1. The number of hydrogen-bond donors (Lipinski definition) is 2. The van der Waals surface area contributed by atoms with Crippen molar-refractivity contribution in [1.29, 1.82) is 0 Å². The van der Waals surface area contributed by atoms with E-state index in [0.717, 1.165) is 63.5 Å². The molecule has 1 aliphatic heterocycles. The number of aliphatic imine (C=N–C) groups is 1. The largest absolute Gasteiger partial charge is 0.382 e. The van der Waals surface area contributed by atoms with E-state index in [9.17, 15) is 0 Å². The highest BCUT2D eigenvalue weighted by atomic mass is 16.5. The van der Waals surface area contributed by atoms with E-state index < -0.39 is 0 Å². The van der Waals surface area contributed by atoms with Crippen LogP contribution in [0.5, 0.6) is 0 Å². The summed E-state index contributed by atoms with van der Waals surface area (Å²) in [4.78, 5) is 6.97. The number of benzene rings is 1. The standard InChI is InChI=1S/C23H40N4O/c1-5-28-13-9-8-12-25-23(24-4)26-15-21-10-6-7-11-22(21)18-27-16-19(2)14-20(3)17-27/h6-7,10-11,19-20H,5,8-9,12-18H2,1-4H3,(H2,24,25,26). The van der Waals surface area contributed by atoms with Crippen LogP contribution in [0.15, 0.2) is 29.3 Å². The van der Waals surface area contributed by atoms with Gasteiger partial charge in [0, 0.05) is 53.0 Å². The van der Waals surface area contributed by atoms with Crippen molar-refractivity contribution in [2.45, 2.75) is 53.1 Å². The highest BCUT2D eigenvalue weighted by Crippen LogP contribution is 2.23. The molecule has 1 fully saturated rings. The molecule has 1 aromatic rings. The lowest BCUT2D eigenvalue weighted by Gasteiger charge is -2.35. The highest BCUT2D eigenvalue weighted by molar-refractivity contribution is 5.79. The van der Waals surface area contributed by atoms with Crippen LogP contribution in [0, 0.1) is 11.8 Å². The summed E-state index contributed by atoms with van der Waals surface area (Å²) in [6, 6.07) is 8.78. The predicted octanol–water partition coefficient (Wildman–Crippen LogP) is 3.65. The molecule has 0 aromatic heterocycles. The van der Waals surface area contributed by atoms with Crippen molar-refractivity contribution in [2.75, 3.05) is 39.9 Å². The molecule has 1 aliphatic rings. The van der Waals surface area contributed by atoms with E-state index in [1.54, 1.807) is 0 Å². The first kappa shape index (κ1) is 22.7. The van der Waals surface area contributed by atoms with E-state index in [-0.39, 0.29) is 0 Å². The summed E-state index contributed by atoms with van der Waals surface area (Å²) in [6.07, 6.45) is 3.52. The lowest BCUT2D eigenvalue weighted by molar-refractivity contribution is 0.134. The van der Waals surface area contributed by atoms with E-state index in [4.69, 9.17) is 4.74 Å². The molecule has 5 nitrogen and oxygen atoms in total. The first-order chi connectivity index (χ1) is 13.6. The van der Waals surface area contributed by atoms with Gasteiger partial charge in [0.05, 0.1) is 0 Å². The molecule has 1 saturated heterocycles. The SMILES string of the molecule is CCOCCCCNC(=NC)NCc1ccccc1CN1CC(C)CC(C)C1. The zero-order chi connectivity index (χ0) is 20.2. The lowest BCUT2D eigenvalue weighted by atomic mass is 9.91. The Bertz CT molecular complexity index is 580. The Morgan fingerprint density at radius 3 is 2.50 bits per heavy atom. The van der Waals surface area contributed by atoms with Crippen LogP contribution in [0.2, 0.25) is 0 Å². The van der Waals surface area contributed by atoms with Crippen molar-refractivity contribution in [3.8, 4) is 0 Å². The number of rotatable bonds is 10. The third kappa shape index (κ3) is 8.19. The second kappa shape index (κ2) is 12.8. The van der Waals surface area contributed by atoms with Crippen LogP contribution in [0.4, 0.5) is 0 Å². The molecular formula is C23H40N4O. The van der Waals surface area contributed by atoms with Crippen LogP contribution in [-0.2, 0) is 17.8 Å². The molecule has 0 radical (unpaired) electrons. The van der Waals surface area contributed by atoms with Gasteiger partial charge in [0.2, 0.25) is 0 Å². The van der Waals surface area contributed by atoms with E-state index in [2.05, 4.69) is 58.6 Å². The van der Waals surface area contributed by atoms with Crippen molar-refractivity contribution in [3.63, 3.8) is 0 Å². The Balaban J connectivity index is 1.81. The summed E-state index contributed by atoms with van der Waals surface area (Å²) >= 11 is 0. The smallest absolute Gasteiger partial charge is 0.191 e. The fraction of sp³-hybridized carbons (Fsp3) is 0.696. The Morgan fingerprint density at radius 2 is 1.82 bits per heavy atom. The van der Waals surface area contributed by atoms with Gasteiger partial charge in [-0.3, -0.25) is 9.89 Å². The number of piperidine rings is 1. The molecule has 0 saturated carbocycles. The average molecular weight is 389 g/mol. The molecule has 2 rings (SSSR count). The van der Waals surface area contributed by atoms with Gasteiger partial charge in [-0.1, -0.05) is 38.1 Å². The van der Waals surface area contributed by atoms with Gasteiger partial charge in [-0.2, -0.15) is 0 Å². The molecule has 0 spiro atoms. The second-order valence-electron chi connectivity index (χ2n) is 8.17. The molecule has 5 heteroatoms. The van der Waals surface area contributed by atoms with Crippen LogP contribution < -0.4 is 10.6 Å². The Labute approximate surface area is 171 Å². The molecule has 28 heavy (non-hydrogen) atoms. The summed E-state index contributed by atoms with van der Waals surface area (Å²) in [5.74, 6) is 2.45. The maximum absolute atomic E-state index is 5.38. The fourth-order valence-corrected chi connectivity index (χ4v) is 4.13. The van der Waals surface area contributed by atoms with E-state index in [0.29, 0.717) is 0 Å². The first-order valence-electron chi connectivity index (χ1n) is 10.9. The zero-order valence-electron chi connectivity index (χ0n) is 18.3. The van der Waals surface area contributed by atoms with Crippen LogP contribution in [0.3, 0.4) is 0 Å². The molecule has 2 unspecified atom stereocenters. The Kier molecular flexibility index (Phi) is 10.4. The molecule has 1 aromatic carbocycles. The molecular weight excluding hydrogens is 348 g/mol. The zero-order valence-corrected chi connectivity index (χ0v) is 18.3. The predicted molar refractivity (Wildman–Crippen MR) is 119 cm³/mol. The summed E-state index contributed by atoms with van der Waals surface area (Å²) in [5, 5.41) is 6.87. The van der Waals surface area contributed by atoms with Gasteiger partial charge in [0.25, 0.3) is 0 Å². The fourth-order valence-electron chi connectivity index (χ4n) is 4.13. The van der Waals surface area contributed by atoms with Crippen molar-refractivity contribution in [3.05, 3.63) is 35.4 Å². The summed E-state index contributed by atoms with van der Waals surface area (Å²) in [5.41, 5.74) is 2.77. The topological polar surface area (TPSA) is 48.9 Å². The molecule has 158 valence electrons. The Hall–Kier alpha value is -1.59. The number of hydrogen-bond acceptors (Lipinski definition) is 3. The molecule has 0 amide bonds. The lowest BCUT2D eigenvalue weighted by Crippen LogP contribution is -2.39. The van der Waals surface area contributed by atoms with Crippen LogP contribution >= 0.6 is 0 Å². The number of likely N-dealkylation sites (tertiary alicyclic amines) is 1. The van der Waals surface area contributed by atoms with Crippen molar-refractivity contribution in [2.24, 2.45) is 16.8 Å². The molecule has 0 bridgehead atoms. The van der Waals surface area contributed by atoms with Gasteiger partial charge in [0.1, 0.15) is 0 Å². The highest BCUT2D eigenvalue weighted by Gasteiger charge is 2.22. The second-order valence-corrected chi connectivity index (χ2v) is 8.17. The van der Waals surface area contributed by atoms with E-state index >= 15 is 0 Å². The maximum atomic E-state index is 5.38. The number of ether oxygens (including phenoxy) is 1. The van der Waals surface area contributed by atoms with Gasteiger partial charge < -0.3 is 15.4 Å². The third-order valence-corrected chi connectivity index (χ3v) is 5.34. The van der Waals surface area contributed by atoms with Gasteiger partial charge in [0.15, 0.2) is 5.96 Å². The first-order valence-corrected chi connectivity index (χ1v) is 10.9. The summed E-state index contributed by atoms with van der Waals surface area (Å²) < 4.78 is 5.38. The summed E-state index contributed by atoms with van der Waals surface area (Å²) in [7, 11) is 1.83. The summed E-state index contributed by atoms with van der Waals surface area (Å²) in [6.45, 7) is 13.6. The van der Waals surface area contributed by atoms with Crippen molar-refractivity contribution in [1.82, 2.24) is 15.5 Å². The average Bonchev–Trinajstić information content (AvgIpc) is 2.67. The minimum absolute atomic E-state index is 0.791. The normalized spacial score (nSPS) is 20.9. The van der Waals surface area contributed by atoms with Crippen LogP contribution in [0.1, 0.15) is 51.2 Å². The number of nitrogens with zero attached hydrogens (tertiary/aromatic N) is 2. The minimum atomic E-state index is 0.791. The van der Waals surface area contributed by atoms with Crippen LogP contribution in [0.25, 0.3) is 0 Å². The van der Waals surface area contributed by atoms with Crippen molar-refractivity contribution >= 4 is 5.96 Å².